The van der Waals surface area contributed by atoms with Crippen molar-refractivity contribution in [3.63, 3.8) is 0 Å². The number of cyclic esters (lactones) is 1. The van der Waals surface area contributed by atoms with E-state index in [4.69, 9.17) is 33.2 Å². The van der Waals surface area contributed by atoms with Crippen molar-refractivity contribution in [3.8, 4) is 0 Å². The number of carbonyl (C=O) groups excluding carboxylic acids is 1. The molecule has 3 fully saturated rings. The maximum absolute atomic E-state index is 15.0. The lowest BCUT2D eigenvalue weighted by Crippen LogP contribution is -2.61. The van der Waals surface area contributed by atoms with E-state index in [1.54, 1.807) is 85.7 Å². The molecule has 23 heteroatoms. The maximum atomic E-state index is 15.0. The van der Waals surface area contributed by atoms with Crippen LogP contribution in [0.2, 0.25) is 0 Å². The molecule has 0 aromatic heterocycles. The van der Waals surface area contributed by atoms with Crippen LogP contribution in [0.1, 0.15) is 127 Å². The smallest absolute Gasteiger partial charge is 0.311 e. The molecule has 7 N–H and O–H groups in total. The number of methoxy groups -OCH3 is 2. The van der Waals surface area contributed by atoms with Crippen molar-refractivity contribution in [3.05, 3.63) is 41.7 Å². The van der Waals surface area contributed by atoms with Crippen molar-refractivity contribution in [2.24, 2.45) is 17.8 Å². The fourth-order valence-corrected chi connectivity index (χ4v) is 13.6. The van der Waals surface area contributed by atoms with Gasteiger partial charge in [-0.15, -0.1) is 5.53 Å². The van der Waals surface area contributed by atoms with Gasteiger partial charge in [-0.3, -0.25) is 9.80 Å². The first-order valence-electron chi connectivity index (χ1n) is 27.9. The molecule has 0 spiro atoms. The highest BCUT2D eigenvalue weighted by Gasteiger charge is 2.53. The summed E-state index contributed by atoms with van der Waals surface area (Å²) in [5, 5.41) is 61.5. The van der Waals surface area contributed by atoms with E-state index in [1.165, 1.54) is 37.6 Å². The van der Waals surface area contributed by atoms with Crippen molar-refractivity contribution in [1.82, 2.24) is 30.1 Å². The van der Waals surface area contributed by atoms with Crippen molar-refractivity contribution < 1.29 is 76.3 Å². The Kier molecular flexibility index (Phi) is 23.4. The summed E-state index contributed by atoms with van der Waals surface area (Å²) in [5.74, 6) is -2.93. The number of halogens is 1. The van der Waals surface area contributed by atoms with E-state index in [-0.39, 0.29) is 30.1 Å². The average molecular weight is 1130 g/mol. The second-order valence-corrected chi connectivity index (χ2v) is 25.2. The van der Waals surface area contributed by atoms with Gasteiger partial charge in [0.25, 0.3) is 0 Å². The van der Waals surface area contributed by atoms with E-state index < -0.39 is 137 Å². The van der Waals surface area contributed by atoms with Gasteiger partial charge in [0.2, 0.25) is 10.0 Å². The predicted octanol–water partition coefficient (Wildman–Crippen LogP) is 3.58. The number of hydrogen-bond acceptors (Lipinski definition) is 20. The molecule has 0 aliphatic carbocycles. The largest absolute Gasteiger partial charge is 0.459 e. The molecule has 1 aromatic rings. The number of aliphatic hydroxyl groups excluding tert-OH is 3. The van der Waals surface area contributed by atoms with Crippen LogP contribution in [0, 0.1) is 17.8 Å². The maximum Gasteiger partial charge on any atom is 0.311 e. The summed E-state index contributed by atoms with van der Waals surface area (Å²) >= 11 is 0. The number of carbonyl (C=O) groups is 1. The lowest BCUT2D eigenvalue weighted by atomic mass is 9.77. The van der Waals surface area contributed by atoms with Gasteiger partial charge in [-0.25, -0.2) is 12.8 Å². The molecule has 1 aromatic carbocycles. The highest BCUT2D eigenvalue weighted by molar-refractivity contribution is 7.89. The predicted molar refractivity (Wildman–Crippen MR) is 290 cm³/mol. The van der Waals surface area contributed by atoms with E-state index in [0.29, 0.717) is 44.6 Å². The minimum Gasteiger partial charge on any atom is -0.459 e. The number of benzene rings is 1. The Hall–Kier alpha value is -2.69. The quantitative estimate of drug-likeness (QED) is 0.0978. The molecule has 0 radical (unpaired) electrons. The second-order valence-electron chi connectivity index (χ2n) is 23.3. The molecule has 0 bridgehead atoms. The van der Waals surface area contributed by atoms with Gasteiger partial charge in [-0.2, -0.15) is 4.31 Å². The molecule has 0 saturated carbocycles. The monoisotopic (exact) mass is 1130 g/mol. The highest BCUT2D eigenvalue weighted by Crippen LogP contribution is 2.41. The molecule has 5 rings (SSSR count). The SMILES string of the molecule is CC[C@H]1OC(=O)[C@H](C)[C@@H](O[C@H]2C[C@@](C)(OC)[C@@H](O)[C@H](C)O2)[C@H](C)[C@@H](O[C@@H]2O[C@H](C)C[C@H](N(C)CCC3=CN([C@H](CF)[C@H](OC)c4ccc(S(=O)(=O)N(CC)CC)cc4)NN3)[C@H]2O)[C@](C)(O)C[C@@H](C)CN(C)[C@H](C)[C@@H](O)[C@]1(C)O. The van der Waals surface area contributed by atoms with Crippen molar-refractivity contribution in [2.75, 3.05) is 61.2 Å². The number of esters is 1. The average Bonchev–Trinajstić information content (AvgIpc) is 3.89. The van der Waals surface area contributed by atoms with E-state index in [0.717, 1.165) is 5.70 Å². The van der Waals surface area contributed by atoms with Crippen molar-refractivity contribution in [2.45, 2.75) is 223 Å². The molecule has 0 amide bonds. The molecule has 78 heavy (non-hydrogen) atoms. The summed E-state index contributed by atoms with van der Waals surface area (Å²) in [5.41, 5.74) is 2.86. The molecular formula is C55H97FN6O15S. The molecule has 4 aliphatic heterocycles. The lowest BCUT2D eigenvalue weighted by molar-refractivity contribution is -0.318. The van der Waals surface area contributed by atoms with Gasteiger partial charge in [-0.1, -0.05) is 46.8 Å². The third kappa shape index (κ3) is 14.9. The Morgan fingerprint density at radius 1 is 0.936 bits per heavy atom. The third-order valence-electron chi connectivity index (χ3n) is 17.2. The molecule has 4 heterocycles. The Morgan fingerprint density at radius 3 is 2.15 bits per heavy atom. The summed E-state index contributed by atoms with van der Waals surface area (Å²) in [7, 11) is 2.97. The Morgan fingerprint density at radius 2 is 1.58 bits per heavy atom. The van der Waals surface area contributed by atoms with E-state index >= 15 is 0 Å². The molecule has 4 aliphatic rings. The van der Waals surface area contributed by atoms with Gasteiger partial charge in [-0.05, 0) is 105 Å². The molecule has 0 unspecified atom stereocenters. The van der Waals surface area contributed by atoms with Gasteiger partial charge in [0, 0.05) is 83.1 Å². The number of nitrogens with one attached hydrogen (secondary N) is 2. The first-order chi connectivity index (χ1) is 36.5. The molecular weight excluding hydrogens is 1040 g/mol. The molecule has 21 nitrogen and oxygen atoms in total. The fraction of sp³-hybridized carbons (Fsp3) is 0.836. The van der Waals surface area contributed by atoms with Crippen LogP contribution in [-0.2, 0) is 48.0 Å². The summed E-state index contributed by atoms with van der Waals surface area (Å²) in [6.45, 7) is 21.6. The Balaban J connectivity index is 1.41. The molecule has 450 valence electrons. The summed E-state index contributed by atoms with van der Waals surface area (Å²) < 4.78 is 86.8. The fourth-order valence-electron chi connectivity index (χ4n) is 12.2. The van der Waals surface area contributed by atoms with Gasteiger partial charge >= 0.3 is 5.97 Å². The van der Waals surface area contributed by atoms with E-state index in [1.807, 2.05) is 37.7 Å². The van der Waals surface area contributed by atoms with Crippen LogP contribution in [0.25, 0.3) is 0 Å². The Labute approximate surface area is 464 Å². The Bertz CT molecular complexity index is 2200. The van der Waals surface area contributed by atoms with Gasteiger partial charge in [0.15, 0.2) is 12.6 Å². The van der Waals surface area contributed by atoms with Crippen LogP contribution >= 0.6 is 0 Å². The molecule has 20 atom stereocenters. The third-order valence-corrected chi connectivity index (χ3v) is 19.2. The lowest BCUT2D eigenvalue weighted by Gasteiger charge is -2.49. The minimum atomic E-state index is -3.69. The zero-order valence-corrected chi connectivity index (χ0v) is 50.0. The van der Waals surface area contributed by atoms with Crippen LogP contribution in [0.15, 0.2) is 41.1 Å². The van der Waals surface area contributed by atoms with E-state index in [2.05, 4.69) is 11.0 Å². The van der Waals surface area contributed by atoms with Gasteiger partial charge < -0.3 is 73.9 Å². The van der Waals surface area contributed by atoms with Gasteiger partial charge in [0.1, 0.15) is 48.8 Å². The van der Waals surface area contributed by atoms with Gasteiger partial charge in [0.05, 0.1) is 46.4 Å². The number of sulfonamides is 1. The summed E-state index contributed by atoms with van der Waals surface area (Å²) in [4.78, 5) is 18.6. The summed E-state index contributed by atoms with van der Waals surface area (Å²) in [6.07, 6.45) is -8.22. The topological polar surface area (TPSA) is 254 Å². The minimum absolute atomic E-state index is 0.0735. The number of hydrazine groups is 2. The second kappa shape index (κ2) is 27.6. The van der Waals surface area contributed by atoms with Crippen molar-refractivity contribution >= 4 is 16.0 Å². The van der Waals surface area contributed by atoms with Crippen LogP contribution in [0.3, 0.4) is 0 Å². The number of nitrogens with zero attached hydrogens (tertiary/aromatic N) is 4. The van der Waals surface area contributed by atoms with Crippen LogP contribution < -0.4 is 11.0 Å². The first kappa shape index (κ1) is 66.1. The van der Waals surface area contributed by atoms with Crippen LogP contribution in [-0.4, -0.2) is 217 Å². The standard InChI is InChI=1S/C55H97FN6O15S/c1-17-43-55(12,68)48(64)36(8)60(14)30-32(4)27-53(10,67)50(34(6)46(35(7)51(66)75-43)76-44-28-54(11,72-16)49(65)37(9)74-44)77-52-45(63)41(26-33(5)73-52)59(13)25-24-39-31-62(58-57-39)42(29-56)47(71-15)38-20-22-40(23-21-38)78(69,70)61(18-2)19-3/h20-23,31-37,41-50,52,57-58,63-65,67-68H,17-19,24-30H2,1-16H3/t32-,33-,34+,35-,36-,37+,41+,42-,43-,44+,45-,46+,47-,48-,49+,50-,52+,53-,54-,55-/m1/s1. The summed E-state index contributed by atoms with van der Waals surface area (Å²) in [6, 6.07) is 4.35. The van der Waals surface area contributed by atoms with Crippen molar-refractivity contribution in [1.29, 1.82) is 0 Å². The first-order valence-corrected chi connectivity index (χ1v) is 29.4. The van der Waals surface area contributed by atoms with E-state index in [9.17, 15) is 43.1 Å². The zero-order valence-electron chi connectivity index (χ0n) is 49.2. The highest BCUT2D eigenvalue weighted by atomic mass is 32.2. The van der Waals surface area contributed by atoms with Crippen LogP contribution in [0.5, 0.6) is 0 Å². The zero-order chi connectivity index (χ0) is 58.4. The number of alkyl halides is 1. The number of likely N-dealkylation sites (N-methyl/N-ethyl adjacent to an activating group) is 2. The normalized spacial score (nSPS) is 39.0. The van der Waals surface area contributed by atoms with Crippen LogP contribution in [0.4, 0.5) is 4.39 Å². The number of ether oxygens (including phenoxy) is 7. The molecule has 3 saturated heterocycles. The number of hydrogen-bond donors (Lipinski definition) is 7. The number of rotatable bonds is 19. The number of aliphatic hydroxyl groups is 5.